The third-order valence-electron chi connectivity index (χ3n) is 4.23. The zero-order valence-corrected chi connectivity index (χ0v) is 15.3. The van der Waals surface area contributed by atoms with Gasteiger partial charge in [0.15, 0.2) is 0 Å². The Morgan fingerprint density at radius 1 is 0.923 bits per heavy atom. The second-order valence-corrected chi connectivity index (χ2v) is 8.38. The van der Waals surface area contributed by atoms with Crippen molar-refractivity contribution in [1.82, 2.24) is 0 Å². The normalized spacial score (nSPS) is 15.0. The number of rotatable bonds is 3. The highest BCUT2D eigenvalue weighted by molar-refractivity contribution is 7.92. The highest BCUT2D eigenvalue weighted by Gasteiger charge is 2.23. The Labute approximate surface area is 157 Å². The molecule has 1 aliphatic heterocycles. The summed E-state index contributed by atoms with van der Waals surface area (Å²) >= 11 is 6.24. The number of nitrogens with one attached hydrogen (secondary N) is 1. The predicted octanol–water partition coefficient (Wildman–Crippen LogP) is 5.10. The summed E-state index contributed by atoms with van der Waals surface area (Å²) in [5.41, 5.74) is 3.15. The Hall–Kier alpha value is -2.50. The smallest absolute Gasteiger partial charge is 0.233 e. The van der Waals surface area contributed by atoms with Crippen LogP contribution in [0, 0.1) is 0 Å². The van der Waals surface area contributed by atoms with Gasteiger partial charge in [0.05, 0.1) is 11.4 Å². The number of hydrogen-bond acceptors (Lipinski definition) is 3. The molecule has 0 amide bonds. The van der Waals surface area contributed by atoms with Crippen molar-refractivity contribution < 1.29 is 13.2 Å². The molecule has 0 bridgehead atoms. The van der Waals surface area contributed by atoms with Crippen LogP contribution in [0.2, 0.25) is 5.02 Å². The quantitative estimate of drug-likeness (QED) is 0.682. The van der Waals surface area contributed by atoms with Crippen molar-refractivity contribution in [2.75, 3.05) is 10.5 Å². The van der Waals surface area contributed by atoms with Crippen LogP contribution in [-0.2, 0) is 16.4 Å². The molecule has 0 atom stereocenters. The first kappa shape index (κ1) is 16.9. The molecule has 0 aromatic heterocycles. The first-order valence-electron chi connectivity index (χ1n) is 8.16. The lowest BCUT2D eigenvalue weighted by Crippen LogP contribution is -2.24. The third kappa shape index (κ3) is 3.54. The van der Waals surface area contributed by atoms with Gasteiger partial charge in [-0.1, -0.05) is 41.9 Å². The molecule has 4 nitrogen and oxygen atoms in total. The lowest BCUT2D eigenvalue weighted by Gasteiger charge is -2.22. The largest absolute Gasteiger partial charge is 0.457 e. The molecule has 1 aliphatic rings. The van der Waals surface area contributed by atoms with E-state index in [1.54, 1.807) is 6.07 Å². The average Bonchev–Trinajstić information content (AvgIpc) is 2.63. The number of hydrogen-bond donors (Lipinski definition) is 1. The fourth-order valence-electron chi connectivity index (χ4n) is 2.99. The highest BCUT2D eigenvalue weighted by Crippen LogP contribution is 2.38. The van der Waals surface area contributed by atoms with Crippen molar-refractivity contribution in [3.05, 3.63) is 77.3 Å². The van der Waals surface area contributed by atoms with Crippen molar-refractivity contribution in [2.45, 2.75) is 6.42 Å². The van der Waals surface area contributed by atoms with E-state index >= 15 is 0 Å². The summed E-state index contributed by atoms with van der Waals surface area (Å²) in [6.45, 7) is 0. The second kappa shape index (κ2) is 6.67. The lowest BCUT2D eigenvalue weighted by molar-refractivity contribution is 0.483. The molecule has 0 saturated heterocycles. The van der Waals surface area contributed by atoms with E-state index in [-0.39, 0.29) is 5.75 Å². The van der Waals surface area contributed by atoms with Crippen LogP contribution < -0.4 is 9.46 Å². The van der Waals surface area contributed by atoms with E-state index in [1.807, 2.05) is 60.7 Å². The third-order valence-corrected chi connectivity index (χ3v) is 5.70. The van der Waals surface area contributed by atoms with E-state index in [0.29, 0.717) is 22.9 Å². The minimum atomic E-state index is -3.31. The molecular formula is C20H16ClNO3S. The van der Waals surface area contributed by atoms with Gasteiger partial charge in [-0.05, 0) is 53.9 Å². The van der Waals surface area contributed by atoms with Crippen LogP contribution in [0.5, 0.6) is 11.5 Å². The van der Waals surface area contributed by atoms with E-state index in [2.05, 4.69) is 4.72 Å². The van der Waals surface area contributed by atoms with Crippen molar-refractivity contribution in [2.24, 2.45) is 0 Å². The number of halogens is 1. The Morgan fingerprint density at radius 2 is 1.62 bits per heavy atom. The number of para-hydroxylation sites is 1. The highest BCUT2D eigenvalue weighted by atomic mass is 35.5. The van der Waals surface area contributed by atoms with Gasteiger partial charge in [-0.3, -0.25) is 4.72 Å². The van der Waals surface area contributed by atoms with Gasteiger partial charge in [0.2, 0.25) is 10.0 Å². The minimum Gasteiger partial charge on any atom is -0.457 e. The molecule has 0 saturated carbocycles. The van der Waals surface area contributed by atoms with E-state index < -0.39 is 10.0 Å². The molecule has 1 N–H and O–H groups in total. The number of benzene rings is 3. The second-order valence-electron chi connectivity index (χ2n) is 6.10. The maximum Gasteiger partial charge on any atom is 0.233 e. The predicted molar refractivity (Wildman–Crippen MR) is 105 cm³/mol. The molecule has 3 aromatic rings. The Balaban J connectivity index is 1.69. The van der Waals surface area contributed by atoms with Crippen LogP contribution in [0.3, 0.4) is 0 Å². The molecule has 0 spiro atoms. The fourth-order valence-corrected chi connectivity index (χ4v) is 4.37. The summed E-state index contributed by atoms with van der Waals surface area (Å²) in [4.78, 5) is 0. The van der Waals surface area contributed by atoms with E-state index in [1.165, 1.54) is 0 Å². The Morgan fingerprint density at radius 3 is 2.35 bits per heavy atom. The molecule has 4 rings (SSSR count). The van der Waals surface area contributed by atoms with Crippen LogP contribution in [0.1, 0.15) is 5.56 Å². The monoisotopic (exact) mass is 385 g/mol. The van der Waals surface area contributed by atoms with Gasteiger partial charge in [0.25, 0.3) is 0 Å². The van der Waals surface area contributed by atoms with E-state index in [0.717, 1.165) is 22.4 Å². The summed E-state index contributed by atoms with van der Waals surface area (Å²) in [5.74, 6) is 1.54. The molecule has 0 fully saturated rings. The molecular weight excluding hydrogens is 370 g/mol. The Bertz CT molecular complexity index is 1050. The number of ether oxygens (including phenoxy) is 1. The van der Waals surface area contributed by atoms with Crippen LogP contribution in [0.4, 0.5) is 5.69 Å². The number of anilines is 1. The molecule has 3 aromatic carbocycles. The maximum absolute atomic E-state index is 12.0. The van der Waals surface area contributed by atoms with Gasteiger partial charge in [-0.15, -0.1) is 0 Å². The summed E-state index contributed by atoms with van der Waals surface area (Å²) < 4.78 is 32.4. The zero-order valence-electron chi connectivity index (χ0n) is 13.8. The fraction of sp³-hybridized carbons (Fsp3) is 0.100. The van der Waals surface area contributed by atoms with Crippen LogP contribution >= 0.6 is 11.6 Å². The summed E-state index contributed by atoms with van der Waals surface area (Å²) in [5, 5.41) is 0.587. The molecule has 6 heteroatoms. The molecule has 0 aliphatic carbocycles. The van der Waals surface area contributed by atoms with Crippen molar-refractivity contribution in [3.8, 4) is 22.6 Å². The standard InChI is InChI=1S/C20H16ClNO3S/c21-16-12-15-10-11-26(23,24)22-20(15)19(13-16)14-6-8-18(9-7-14)25-17-4-2-1-3-5-17/h1-9,12-13,22H,10-11H2. The molecule has 26 heavy (non-hydrogen) atoms. The van der Waals surface area contributed by atoms with Gasteiger partial charge in [0.1, 0.15) is 11.5 Å². The molecule has 0 radical (unpaired) electrons. The zero-order chi connectivity index (χ0) is 18.1. The van der Waals surface area contributed by atoms with Crippen molar-refractivity contribution >= 4 is 27.3 Å². The maximum atomic E-state index is 12.0. The topological polar surface area (TPSA) is 55.4 Å². The number of aryl methyl sites for hydroxylation is 1. The van der Waals surface area contributed by atoms with E-state index in [9.17, 15) is 8.42 Å². The van der Waals surface area contributed by atoms with E-state index in [4.69, 9.17) is 16.3 Å². The lowest BCUT2D eigenvalue weighted by atomic mass is 9.99. The van der Waals surface area contributed by atoms with Gasteiger partial charge < -0.3 is 4.74 Å². The van der Waals surface area contributed by atoms with Crippen LogP contribution in [0.15, 0.2) is 66.7 Å². The summed E-state index contributed by atoms with van der Waals surface area (Å²) in [7, 11) is -3.31. The van der Waals surface area contributed by atoms with Crippen molar-refractivity contribution in [1.29, 1.82) is 0 Å². The summed E-state index contributed by atoms with van der Waals surface area (Å²) in [6, 6.07) is 20.6. The first-order chi connectivity index (χ1) is 12.5. The van der Waals surface area contributed by atoms with Crippen molar-refractivity contribution in [3.63, 3.8) is 0 Å². The van der Waals surface area contributed by atoms with Gasteiger partial charge in [-0.25, -0.2) is 8.42 Å². The molecule has 0 unspecified atom stereocenters. The molecule has 132 valence electrons. The number of sulfonamides is 1. The SMILES string of the molecule is O=S1(=O)CCc2cc(Cl)cc(-c3ccc(Oc4ccccc4)cc3)c2N1. The van der Waals surface area contributed by atoms with Gasteiger partial charge in [-0.2, -0.15) is 0 Å². The Kier molecular flexibility index (Phi) is 4.34. The van der Waals surface area contributed by atoms with Gasteiger partial charge >= 0.3 is 0 Å². The van der Waals surface area contributed by atoms with Crippen LogP contribution in [0.25, 0.3) is 11.1 Å². The average molecular weight is 386 g/mol. The summed E-state index contributed by atoms with van der Waals surface area (Å²) in [6.07, 6.45) is 0.452. The van der Waals surface area contributed by atoms with Crippen LogP contribution in [-0.4, -0.2) is 14.2 Å². The minimum absolute atomic E-state index is 0.0731. The molecule has 1 heterocycles. The number of fused-ring (bicyclic) bond motifs is 1. The van der Waals surface area contributed by atoms with Gasteiger partial charge in [0, 0.05) is 10.6 Å². The first-order valence-corrected chi connectivity index (χ1v) is 10.2.